The number of aromatic nitrogens is 2. The number of piperazine rings is 1. The van der Waals surface area contributed by atoms with E-state index in [9.17, 15) is 0 Å². The summed E-state index contributed by atoms with van der Waals surface area (Å²) >= 11 is 2.30. The number of benzene rings is 1. The zero-order valence-corrected chi connectivity index (χ0v) is 13.6. The number of rotatable bonds is 2. The van der Waals surface area contributed by atoms with Crippen molar-refractivity contribution in [3.8, 4) is 0 Å². The van der Waals surface area contributed by atoms with E-state index in [1.54, 1.807) is 6.33 Å². The molecule has 5 heteroatoms. The summed E-state index contributed by atoms with van der Waals surface area (Å²) in [6.45, 7) is 6.21. The van der Waals surface area contributed by atoms with Crippen molar-refractivity contribution < 1.29 is 0 Å². The maximum absolute atomic E-state index is 4.40. The molecule has 0 bridgehead atoms. The molecule has 0 amide bonds. The van der Waals surface area contributed by atoms with Crippen molar-refractivity contribution in [2.24, 2.45) is 0 Å². The SMILES string of the molecule is Cc1cccc(N2CCN(c3ncncc3I)CC2)c1. The van der Waals surface area contributed by atoms with Crippen LogP contribution in [0.4, 0.5) is 11.5 Å². The van der Waals surface area contributed by atoms with Crippen molar-refractivity contribution in [3.05, 3.63) is 45.9 Å². The van der Waals surface area contributed by atoms with Crippen molar-refractivity contribution in [1.29, 1.82) is 0 Å². The summed E-state index contributed by atoms with van der Waals surface area (Å²) in [7, 11) is 0. The van der Waals surface area contributed by atoms with Crippen molar-refractivity contribution in [2.45, 2.75) is 6.92 Å². The molecule has 1 aromatic carbocycles. The zero-order valence-electron chi connectivity index (χ0n) is 11.5. The van der Waals surface area contributed by atoms with Crippen LogP contribution in [0.15, 0.2) is 36.8 Å². The van der Waals surface area contributed by atoms with Gasteiger partial charge >= 0.3 is 0 Å². The van der Waals surface area contributed by atoms with Crippen molar-refractivity contribution in [2.75, 3.05) is 36.0 Å². The highest BCUT2D eigenvalue weighted by atomic mass is 127. The Bertz CT molecular complexity index is 594. The molecule has 1 fully saturated rings. The molecule has 0 unspecified atom stereocenters. The van der Waals surface area contributed by atoms with Gasteiger partial charge in [0.2, 0.25) is 0 Å². The van der Waals surface area contributed by atoms with Crippen LogP contribution < -0.4 is 9.80 Å². The Kier molecular flexibility index (Phi) is 4.05. The molecule has 0 saturated carbocycles. The molecule has 1 aromatic heterocycles. The van der Waals surface area contributed by atoms with Gasteiger partial charge in [0.05, 0.1) is 3.57 Å². The minimum Gasteiger partial charge on any atom is -0.368 e. The number of hydrogen-bond acceptors (Lipinski definition) is 4. The van der Waals surface area contributed by atoms with Gasteiger partial charge in [0, 0.05) is 38.1 Å². The van der Waals surface area contributed by atoms with Crippen LogP contribution in [0.5, 0.6) is 0 Å². The van der Waals surface area contributed by atoms with Crippen LogP contribution in [0.1, 0.15) is 5.56 Å². The molecule has 4 nitrogen and oxygen atoms in total. The maximum Gasteiger partial charge on any atom is 0.145 e. The van der Waals surface area contributed by atoms with E-state index in [1.165, 1.54) is 11.3 Å². The number of nitrogens with zero attached hydrogens (tertiary/aromatic N) is 4. The molecule has 0 atom stereocenters. The fourth-order valence-corrected chi connectivity index (χ4v) is 3.18. The second-order valence-electron chi connectivity index (χ2n) is 5.01. The topological polar surface area (TPSA) is 32.3 Å². The summed E-state index contributed by atoms with van der Waals surface area (Å²) in [6.07, 6.45) is 3.50. The Balaban J connectivity index is 1.70. The quantitative estimate of drug-likeness (QED) is 0.751. The molecule has 1 aliphatic rings. The van der Waals surface area contributed by atoms with E-state index in [0.29, 0.717) is 0 Å². The fourth-order valence-electron chi connectivity index (χ4n) is 2.54. The van der Waals surface area contributed by atoms with Gasteiger partial charge in [-0.15, -0.1) is 0 Å². The molecular formula is C15H17IN4. The van der Waals surface area contributed by atoms with Gasteiger partial charge in [-0.25, -0.2) is 9.97 Å². The monoisotopic (exact) mass is 380 g/mol. The van der Waals surface area contributed by atoms with Crippen molar-refractivity contribution in [3.63, 3.8) is 0 Å². The predicted molar refractivity (Wildman–Crippen MR) is 90.4 cm³/mol. The molecule has 0 spiro atoms. The molecule has 3 rings (SSSR count). The summed E-state index contributed by atoms with van der Waals surface area (Å²) in [5.74, 6) is 1.06. The van der Waals surface area contributed by atoms with Crippen molar-refractivity contribution in [1.82, 2.24) is 9.97 Å². The molecule has 1 aliphatic heterocycles. The summed E-state index contributed by atoms with van der Waals surface area (Å²) in [5.41, 5.74) is 2.64. The van der Waals surface area contributed by atoms with E-state index in [2.05, 4.69) is 73.5 Å². The highest BCUT2D eigenvalue weighted by Crippen LogP contribution is 2.22. The molecule has 0 aliphatic carbocycles. The lowest BCUT2D eigenvalue weighted by molar-refractivity contribution is 0.645. The van der Waals surface area contributed by atoms with E-state index in [4.69, 9.17) is 0 Å². The summed E-state index contributed by atoms with van der Waals surface area (Å²) < 4.78 is 1.12. The first kappa shape index (κ1) is 13.6. The Hall–Kier alpha value is -1.37. The first-order valence-corrected chi connectivity index (χ1v) is 7.84. The molecule has 2 heterocycles. The average molecular weight is 380 g/mol. The van der Waals surface area contributed by atoms with Gasteiger partial charge < -0.3 is 9.80 Å². The van der Waals surface area contributed by atoms with Crippen LogP contribution in [0, 0.1) is 10.5 Å². The molecular weight excluding hydrogens is 363 g/mol. The summed E-state index contributed by atoms with van der Waals surface area (Å²) in [5, 5.41) is 0. The third-order valence-electron chi connectivity index (χ3n) is 3.59. The maximum atomic E-state index is 4.40. The second kappa shape index (κ2) is 5.95. The van der Waals surface area contributed by atoms with Crippen LogP contribution in [0.3, 0.4) is 0 Å². The van der Waals surface area contributed by atoms with E-state index in [-0.39, 0.29) is 0 Å². The van der Waals surface area contributed by atoms with Gasteiger partial charge in [-0.05, 0) is 47.2 Å². The molecule has 2 aromatic rings. The van der Waals surface area contributed by atoms with E-state index >= 15 is 0 Å². The minimum absolute atomic E-state index is 1.00. The largest absolute Gasteiger partial charge is 0.368 e. The summed E-state index contributed by atoms with van der Waals surface area (Å²) in [6, 6.07) is 8.72. The standard InChI is InChI=1S/C15H17IN4/c1-12-3-2-4-13(9-12)19-5-7-20(8-6-19)15-14(16)10-17-11-18-15/h2-4,9-11H,5-8H2,1H3. The Morgan fingerprint density at radius 2 is 1.85 bits per heavy atom. The fraction of sp³-hybridized carbons (Fsp3) is 0.333. The van der Waals surface area contributed by atoms with Gasteiger partial charge in [0.15, 0.2) is 0 Å². The lowest BCUT2D eigenvalue weighted by atomic mass is 10.2. The molecule has 0 N–H and O–H groups in total. The average Bonchev–Trinajstić information content (AvgIpc) is 2.48. The number of halogens is 1. The lowest BCUT2D eigenvalue weighted by Gasteiger charge is -2.37. The van der Waals surface area contributed by atoms with Crippen molar-refractivity contribution >= 4 is 34.1 Å². The number of anilines is 2. The highest BCUT2D eigenvalue weighted by molar-refractivity contribution is 14.1. The number of hydrogen-bond donors (Lipinski definition) is 0. The van der Waals surface area contributed by atoms with Crippen LogP contribution in [-0.2, 0) is 0 Å². The van der Waals surface area contributed by atoms with Crippen LogP contribution >= 0.6 is 22.6 Å². The third-order valence-corrected chi connectivity index (χ3v) is 4.36. The zero-order chi connectivity index (χ0) is 13.9. The number of aryl methyl sites for hydroxylation is 1. The van der Waals surface area contributed by atoms with Gasteiger partial charge in [-0.2, -0.15) is 0 Å². The van der Waals surface area contributed by atoms with E-state index in [0.717, 1.165) is 35.6 Å². The van der Waals surface area contributed by atoms with Crippen LogP contribution in [-0.4, -0.2) is 36.1 Å². The van der Waals surface area contributed by atoms with E-state index in [1.807, 2.05) is 6.20 Å². The molecule has 20 heavy (non-hydrogen) atoms. The van der Waals surface area contributed by atoms with Crippen LogP contribution in [0.25, 0.3) is 0 Å². The first-order valence-electron chi connectivity index (χ1n) is 6.76. The predicted octanol–water partition coefficient (Wildman–Crippen LogP) is 2.72. The highest BCUT2D eigenvalue weighted by Gasteiger charge is 2.19. The Morgan fingerprint density at radius 3 is 2.55 bits per heavy atom. The van der Waals surface area contributed by atoms with E-state index < -0.39 is 0 Å². The first-order chi connectivity index (χ1) is 9.74. The van der Waals surface area contributed by atoms with Gasteiger partial charge in [0.1, 0.15) is 12.1 Å². The summed E-state index contributed by atoms with van der Waals surface area (Å²) in [4.78, 5) is 13.2. The smallest absolute Gasteiger partial charge is 0.145 e. The normalized spacial score (nSPS) is 15.5. The Morgan fingerprint density at radius 1 is 1.10 bits per heavy atom. The Labute approximate surface area is 133 Å². The van der Waals surface area contributed by atoms with Gasteiger partial charge in [-0.3, -0.25) is 0 Å². The molecule has 0 radical (unpaired) electrons. The third kappa shape index (κ3) is 2.87. The van der Waals surface area contributed by atoms with Gasteiger partial charge in [0.25, 0.3) is 0 Å². The second-order valence-corrected chi connectivity index (χ2v) is 6.17. The van der Waals surface area contributed by atoms with Crippen LogP contribution in [0.2, 0.25) is 0 Å². The molecule has 104 valence electrons. The lowest BCUT2D eigenvalue weighted by Crippen LogP contribution is -2.47. The minimum atomic E-state index is 1.00. The van der Waals surface area contributed by atoms with Gasteiger partial charge in [-0.1, -0.05) is 12.1 Å². The molecule has 1 saturated heterocycles.